The Balaban J connectivity index is 2.40. The second-order valence-electron chi connectivity index (χ2n) is 3.94. The molecule has 1 saturated carbocycles. The second-order valence-corrected chi connectivity index (χ2v) is 6.07. The van der Waals surface area contributed by atoms with E-state index in [4.69, 9.17) is 10.4 Å². The topological polar surface area (TPSA) is 95.2 Å². The van der Waals surface area contributed by atoms with E-state index in [0.29, 0.717) is 0 Å². The van der Waals surface area contributed by atoms with Crippen molar-refractivity contribution in [3.63, 3.8) is 0 Å². The highest BCUT2D eigenvalue weighted by Crippen LogP contribution is 2.52. The maximum Gasteiger partial charge on any atom is 0.325 e. The molecule has 2 rings (SSSR count). The molecule has 88 valence electrons. The van der Waals surface area contributed by atoms with Gasteiger partial charge in [-0.1, -0.05) is 18.2 Å². The highest BCUT2D eigenvalue weighted by Gasteiger charge is 2.68. The summed E-state index contributed by atoms with van der Waals surface area (Å²) in [5.74, 6) is -1.37. The number of carboxylic acids is 1. The largest absolute Gasteiger partial charge is 0.480 e. The van der Waals surface area contributed by atoms with Gasteiger partial charge in [-0.05, 0) is 18.6 Å². The summed E-state index contributed by atoms with van der Waals surface area (Å²) in [7, 11) is -3.73. The lowest BCUT2D eigenvalue weighted by molar-refractivity contribution is -0.141. The molecular formula is C11H9NO4S. The predicted molar refractivity (Wildman–Crippen MR) is 57.7 cm³/mol. The van der Waals surface area contributed by atoms with Crippen LogP contribution in [0.5, 0.6) is 0 Å². The van der Waals surface area contributed by atoms with E-state index < -0.39 is 26.5 Å². The molecule has 1 N–H and O–H groups in total. The normalized spacial score (nSPS) is 27.1. The van der Waals surface area contributed by atoms with Crippen LogP contribution in [0.25, 0.3) is 0 Å². The van der Waals surface area contributed by atoms with E-state index in [0.717, 1.165) is 0 Å². The van der Waals surface area contributed by atoms with Crippen LogP contribution in [0, 0.1) is 16.7 Å². The van der Waals surface area contributed by atoms with Crippen molar-refractivity contribution in [1.29, 1.82) is 5.26 Å². The van der Waals surface area contributed by atoms with Gasteiger partial charge in [0.25, 0.3) is 0 Å². The molecule has 0 aliphatic heterocycles. The van der Waals surface area contributed by atoms with Crippen molar-refractivity contribution in [2.45, 2.75) is 16.6 Å². The van der Waals surface area contributed by atoms with Crippen LogP contribution in [-0.2, 0) is 14.6 Å². The van der Waals surface area contributed by atoms with Crippen LogP contribution in [0.3, 0.4) is 0 Å². The number of sulfone groups is 1. The van der Waals surface area contributed by atoms with Crippen molar-refractivity contribution >= 4 is 15.8 Å². The van der Waals surface area contributed by atoms with Crippen molar-refractivity contribution in [3.8, 4) is 6.07 Å². The van der Waals surface area contributed by atoms with Crippen molar-refractivity contribution in [3.05, 3.63) is 30.3 Å². The van der Waals surface area contributed by atoms with Gasteiger partial charge in [-0.3, -0.25) is 4.79 Å². The van der Waals surface area contributed by atoms with Gasteiger partial charge in [-0.15, -0.1) is 0 Å². The van der Waals surface area contributed by atoms with E-state index in [9.17, 15) is 13.2 Å². The van der Waals surface area contributed by atoms with Gasteiger partial charge in [-0.2, -0.15) is 5.26 Å². The van der Waals surface area contributed by atoms with Crippen LogP contribution in [-0.4, -0.2) is 24.7 Å². The van der Waals surface area contributed by atoms with Crippen LogP contribution >= 0.6 is 0 Å². The zero-order valence-corrected chi connectivity index (χ0v) is 9.52. The number of hydrogen-bond acceptors (Lipinski definition) is 4. The Morgan fingerprint density at radius 1 is 1.41 bits per heavy atom. The third-order valence-electron chi connectivity index (χ3n) is 2.92. The van der Waals surface area contributed by atoms with E-state index >= 15 is 0 Å². The van der Waals surface area contributed by atoms with E-state index in [-0.39, 0.29) is 11.3 Å². The molecule has 0 unspecified atom stereocenters. The monoisotopic (exact) mass is 251 g/mol. The molecule has 1 aliphatic carbocycles. The van der Waals surface area contributed by atoms with Crippen LogP contribution < -0.4 is 0 Å². The summed E-state index contributed by atoms with van der Waals surface area (Å²) in [6, 6.07) is 9.19. The lowest BCUT2D eigenvalue weighted by atomic mass is 10.1. The fourth-order valence-electron chi connectivity index (χ4n) is 1.77. The first kappa shape index (κ1) is 11.6. The van der Waals surface area contributed by atoms with Crippen molar-refractivity contribution < 1.29 is 18.3 Å². The smallest absolute Gasteiger partial charge is 0.325 e. The third-order valence-corrected chi connectivity index (χ3v) is 5.17. The third kappa shape index (κ3) is 1.59. The molecule has 1 fully saturated rings. The number of benzene rings is 1. The number of rotatable bonds is 3. The maximum absolute atomic E-state index is 12.1. The summed E-state index contributed by atoms with van der Waals surface area (Å²) in [5, 5.41) is 16.6. The zero-order chi connectivity index (χ0) is 12.7. The molecule has 0 aromatic heterocycles. The second kappa shape index (κ2) is 3.57. The molecule has 1 aliphatic rings. The van der Waals surface area contributed by atoms with Gasteiger partial charge in [0.2, 0.25) is 0 Å². The first-order valence-electron chi connectivity index (χ1n) is 4.89. The maximum atomic E-state index is 12.1. The highest BCUT2D eigenvalue weighted by molar-refractivity contribution is 7.92. The quantitative estimate of drug-likeness (QED) is 0.858. The highest BCUT2D eigenvalue weighted by atomic mass is 32.2. The molecule has 2 atom stereocenters. The van der Waals surface area contributed by atoms with Crippen LogP contribution in [0.1, 0.15) is 6.42 Å². The fourth-order valence-corrected chi connectivity index (χ4v) is 3.80. The molecule has 1 aromatic rings. The van der Waals surface area contributed by atoms with Crippen molar-refractivity contribution in [1.82, 2.24) is 0 Å². The average Bonchev–Trinajstić information content (AvgIpc) is 3.07. The van der Waals surface area contributed by atoms with Gasteiger partial charge in [0.15, 0.2) is 15.3 Å². The molecule has 0 saturated heterocycles. The Morgan fingerprint density at radius 3 is 2.41 bits per heavy atom. The molecule has 0 heterocycles. The first-order valence-corrected chi connectivity index (χ1v) is 6.43. The Bertz CT molecular complexity index is 602. The van der Waals surface area contributed by atoms with Gasteiger partial charge in [0.05, 0.1) is 16.2 Å². The SMILES string of the molecule is N#C[C@]1(C(=O)O)C[C@H]1S(=O)(=O)c1ccccc1. The summed E-state index contributed by atoms with van der Waals surface area (Å²) in [6.45, 7) is 0. The standard InChI is InChI=1S/C11H9NO4S/c12-7-11(10(13)14)6-9(11)17(15,16)8-4-2-1-3-5-8/h1-5,9H,6H2,(H,13,14)/t9-,11-/m1/s1. The summed E-state index contributed by atoms with van der Waals surface area (Å²) in [5.41, 5.74) is -1.77. The van der Waals surface area contributed by atoms with E-state index in [2.05, 4.69) is 0 Å². The van der Waals surface area contributed by atoms with Crippen LogP contribution in [0.4, 0.5) is 0 Å². The molecule has 17 heavy (non-hydrogen) atoms. The van der Waals surface area contributed by atoms with Crippen molar-refractivity contribution in [2.75, 3.05) is 0 Å². The lowest BCUT2D eigenvalue weighted by Gasteiger charge is -2.04. The molecule has 5 nitrogen and oxygen atoms in total. The van der Waals surface area contributed by atoms with Gasteiger partial charge >= 0.3 is 5.97 Å². The molecule has 0 amide bonds. The summed E-state index contributed by atoms with van der Waals surface area (Å²) >= 11 is 0. The predicted octanol–water partition coefficient (Wildman–Crippen LogP) is 0.827. The molecule has 1 aromatic carbocycles. The Hall–Kier alpha value is -1.87. The van der Waals surface area contributed by atoms with E-state index in [1.807, 2.05) is 0 Å². The van der Waals surface area contributed by atoms with Crippen LogP contribution in [0.15, 0.2) is 35.2 Å². The van der Waals surface area contributed by atoms with Gasteiger partial charge < -0.3 is 5.11 Å². The minimum absolute atomic E-state index is 0.0587. The number of nitriles is 1. The van der Waals surface area contributed by atoms with Gasteiger partial charge in [-0.25, -0.2) is 8.42 Å². The van der Waals surface area contributed by atoms with E-state index in [1.54, 1.807) is 24.3 Å². The van der Waals surface area contributed by atoms with Gasteiger partial charge in [0.1, 0.15) is 0 Å². The summed E-state index contributed by atoms with van der Waals surface area (Å²) in [6.07, 6.45) is -0.143. The number of hydrogen-bond donors (Lipinski definition) is 1. The first-order chi connectivity index (χ1) is 7.95. The molecule has 0 radical (unpaired) electrons. The number of carbonyl (C=O) groups is 1. The number of carboxylic acid groups (broad SMARTS) is 1. The van der Waals surface area contributed by atoms with Crippen molar-refractivity contribution in [2.24, 2.45) is 5.41 Å². The Morgan fingerprint density at radius 2 is 2.00 bits per heavy atom. The molecule has 0 bridgehead atoms. The summed E-state index contributed by atoms with van der Waals surface area (Å²) in [4.78, 5) is 11.0. The van der Waals surface area contributed by atoms with Crippen LogP contribution in [0.2, 0.25) is 0 Å². The summed E-state index contributed by atoms with van der Waals surface area (Å²) < 4.78 is 24.1. The minimum atomic E-state index is -3.73. The molecule has 6 heteroatoms. The molecular weight excluding hydrogens is 242 g/mol. The number of nitrogens with zero attached hydrogens (tertiary/aromatic N) is 1. The van der Waals surface area contributed by atoms with E-state index in [1.165, 1.54) is 12.1 Å². The average molecular weight is 251 g/mol. The zero-order valence-electron chi connectivity index (χ0n) is 8.70. The lowest BCUT2D eigenvalue weighted by Crippen LogP contribution is -2.22. The Labute approximate surface area is 98.2 Å². The minimum Gasteiger partial charge on any atom is -0.480 e. The number of aliphatic carboxylic acids is 1. The fraction of sp³-hybridized carbons (Fsp3) is 0.273. The molecule has 0 spiro atoms. The Kier molecular flexibility index (Phi) is 2.44. The van der Waals surface area contributed by atoms with Gasteiger partial charge in [0, 0.05) is 0 Å².